The topological polar surface area (TPSA) is 33.0 Å². The third kappa shape index (κ3) is 3.04. The molecule has 0 atom stereocenters. The summed E-state index contributed by atoms with van der Waals surface area (Å²) in [6.45, 7) is 1.93. The van der Waals surface area contributed by atoms with E-state index in [0.29, 0.717) is 11.1 Å². The lowest BCUT2D eigenvalue weighted by atomic mass is 10.0. The van der Waals surface area contributed by atoms with Crippen molar-refractivity contribution in [2.45, 2.75) is 6.92 Å². The molecule has 0 aliphatic rings. The summed E-state index contributed by atoms with van der Waals surface area (Å²) >= 11 is 0. The van der Waals surface area contributed by atoms with Crippen LogP contribution < -0.4 is 4.74 Å². The number of aryl methyl sites for hydroxylation is 1. The van der Waals surface area contributed by atoms with E-state index in [1.807, 2.05) is 25.1 Å². The maximum Gasteiger partial charge on any atom is 0.123 e. The van der Waals surface area contributed by atoms with Gasteiger partial charge in [0.05, 0.1) is 18.8 Å². The van der Waals surface area contributed by atoms with Crippen LogP contribution in [0.5, 0.6) is 5.75 Å². The van der Waals surface area contributed by atoms with E-state index < -0.39 is 0 Å². The van der Waals surface area contributed by atoms with Crippen molar-refractivity contribution in [2.24, 2.45) is 0 Å². The van der Waals surface area contributed by atoms with Crippen LogP contribution in [0.4, 0.5) is 4.39 Å². The first-order valence-corrected chi connectivity index (χ1v) is 6.16. The van der Waals surface area contributed by atoms with E-state index in [9.17, 15) is 9.65 Å². The molecule has 2 aromatic carbocycles. The molecule has 2 aromatic rings. The van der Waals surface area contributed by atoms with Gasteiger partial charge >= 0.3 is 0 Å². The van der Waals surface area contributed by atoms with E-state index in [1.54, 1.807) is 25.3 Å². The van der Waals surface area contributed by atoms with E-state index in [-0.39, 0.29) is 5.82 Å². The Hall–Kier alpha value is -2.60. The van der Waals surface area contributed by atoms with Crippen LogP contribution in [0.15, 0.2) is 42.5 Å². The first-order chi connectivity index (χ1) is 9.63. The Morgan fingerprint density at radius 2 is 2.05 bits per heavy atom. The predicted molar refractivity (Wildman–Crippen MR) is 77.6 cm³/mol. The highest BCUT2D eigenvalue weighted by atomic mass is 19.1. The van der Waals surface area contributed by atoms with Crippen molar-refractivity contribution in [3.8, 4) is 11.8 Å². The number of allylic oxidation sites excluding steroid dienone is 1. The van der Waals surface area contributed by atoms with E-state index in [4.69, 9.17) is 4.74 Å². The van der Waals surface area contributed by atoms with Crippen LogP contribution in [0.3, 0.4) is 0 Å². The van der Waals surface area contributed by atoms with Crippen molar-refractivity contribution >= 4 is 11.6 Å². The average Bonchev–Trinajstić information content (AvgIpc) is 2.45. The Morgan fingerprint density at radius 3 is 2.65 bits per heavy atom. The van der Waals surface area contributed by atoms with Gasteiger partial charge in [-0.05, 0) is 54.0 Å². The van der Waals surface area contributed by atoms with Crippen molar-refractivity contribution in [1.82, 2.24) is 0 Å². The van der Waals surface area contributed by atoms with Gasteiger partial charge in [0.25, 0.3) is 0 Å². The summed E-state index contributed by atoms with van der Waals surface area (Å²) in [5.74, 6) is 0.445. The Balaban J connectivity index is 2.42. The summed E-state index contributed by atoms with van der Waals surface area (Å²) < 4.78 is 18.4. The van der Waals surface area contributed by atoms with Crippen LogP contribution in [-0.4, -0.2) is 7.11 Å². The second-order valence-electron chi connectivity index (χ2n) is 4.41. The summed E-state index contributed by atoms with van der Waals surface area (Å²) in [6.07, 6.45) is 1.74. The number of hydrogen-bond acceptors (Lipinski definition) is 2. The Morgan fingerprint density at radius 1 is 1.25 bits per heavy atom. The summed E-state index contributed by atoms with van der Waals surface area (Å²) in [7, 11) is 1.62. The molecule has 0 fully saturated rings. The van der Waals surface area contributed by atoms with Crippen LogP contribution in [0.2, 0.25) is 0 Å². The quantitative estimate of drug-likeness (QED) is 0.616. The highest BCUT2D eigenvalue weighted by Gasteiger charge is 2.04. The molecular formula is C17H14FNO. The maximum atomic E-state index is 13.2. The first-order valence-electron chi connectivity index (χ1n) is 6.16. The zero-order valence-corrected chi connectivity index (χ0v) is 11.4. The smallest absolute Gasteiger partial charge is 0.123 e. The Bertz CT molecular complexity index is 698. The summed E-state index contributed by atoms with van der Waals surface area (Å²) in [5.41, 5.74) is 2.86. The molecule has 20 heavy (non-hydrogen) atoms. The van der Waals surface area contributed by atoms with Gasteiger partial charge in [0, 0.05) is 0 Å². The van der Waals surface area contributed by atoms with Crippen LogP contribution >= 0.6 is 0 Å². The molecule has 2 nitrogen and oxygen atoms in total. The molecule has 2 rings (SSSR count). The molecule has 0 saturated heterocycles. The summed E-state index contributed by atoms with van der Waals surface area (Å²) in [5, 5.41) is 9.24. The minimum absolute atomic E-state index is 0.352. The van der Waals surface area contributed by atoms with Crippen molar-refractivity contribution < 1.29 is 9.13 Å². The van der Waals surface area contributed by atoms with Crippen LogP contribution in [-0.2, 0) is 0 Å². The van der Waals surface area contributed by atoms with Gasteiger partial charge < -0.3 is 4.74 Å². The Kier molecular flexibility index (Phi) is 4.17. The fraction of sp³-hybridized carbons (Fsp3) is 0.118. The van der Waals surface area contributed by atoms with Crippen molar-refractivity contribution in [3.05, 3.63) is 65.0 Å². The number of nitriles is 1. The molecule has 0 spiro atoms. The SMILES string of the molecule is COc1ccc(/C=C(/C#N)c2cccc(F)c2)cc1C. The standard InChI is InChI=1S/C17H14FNO/c1-12-8-13(6-7-17(12)20-2)9-15(11-19)14-4-3-5-16(18)10-14/h3-10H,1-2H3/b15-9-. The summed E-state index contributed by atoms with van der Waals surface area (Å²) in [4.78, 5) is 0. The van der Waals surface area contributed by atoms with Gasteiger partial charge in [0.1, 0.15) is 11.6 Å². The van der Waals surface area contributed by atoms with E-state index in [2.05, 4.69) is 6.07 Å². The largest absolute Gasteiger partial charge is 0.496 e. The van der Waals surface area contributed by atoms with Crippen LogP contribution in [0.25, 0.3) is 11.6 Å². The average molecular weight is 267 g/mol. The highest BCUT2D eigenvalue weighted by Crippen LogP contribution is 2.23. The molecule has 0 unspecified atom stereocenters. The second-order valence-corrected chi connectivity index (χ2v) is 4.41. The van der Waals surface area contributed by atoms with E-state index >= 15 is 0 Å². The van der Waals surface area contributed by atoms with E-state index in [1.165, 1.54) is 12.1 Å². The fourth-order valence-corrected chi connectivity index (χ4v) is 1.99. The summed E-state index contributed by atoms with van der Waals surface area (Å²) in [6, 6.07) is 13.8. The molecule has 3 heteroatoms. The number of halogens is 1. The number of nitrogens with zero attached hydrogens (tertiary/aromatic N) is 1. The van der Waals surface area contributed by atoms with Crippen LogP contribution in [0.1, 0.15) is 16.7 Å². The molecule has 0 heterocycles. The second kappa shape index (κ2) is 6.03. The molecule has 0 amide bonds. The van der Waals surface area contributed by atoms with Gasteiger partial charge in [-0.25, -0.2) is 4.39 Å². The number of ether oxygens (including phenoxy) is 1. The molecule has 0 N–H and O–H groups in total. The minimum atomic E-state index is -0.352. The van der Waals surface area contributed by atoms with Gasteiger partial charge in [0.15, 0.2) is 0 Å². The third-order valence-electron chi connectivity index (χ3n) is 2.99. The third-order valence-corrected chi connectivity index (χ3v) is 2.99. The number of rotatable bonds is 3. The van der Waals surface area contributed by atoms with Gasteiger partial charge in [-0.1, -0.05) is 18.2 Å². The lowest BCUT2D eigenvalue weighted by Crippen LogP contribution is -1.88. The first kappa shape index (κ1) is 13.8. The molecule has 100 valence electrons. The molecule has 0 aliphatic heterocycles. The number of methoxy groups -OCH3 is 1. The molecule has 0 aliphatic carbocycles. The minimum Gasteiger partial charge on any atom is -0.496 e. The fourth-order valence-electron chi connectivity index (χ4n) is 1.99. The molecule has 0 saturated carbocycles. The number of benzene rings is 2. The Labute approximate surface area is 117 Å². The predicted octanol–water partition coefficient (Wildman–Crippen LogP) is 4.21. The zero-order valence-electron chi connectivity index (χ0n) is 11.4. The van der Waals surface area contributed by atoms with Gasteiger partial charge in [-0.3, -0.25) is 0 Å². The van der Waals surface area contributed by atoms with Gasteiger partial charge in [-0.2, -0.15) is 5.26 Å². The molecule has 0 bridgehead atoms. The lowest BCUT2D eigenvalue weighted by Gasteiger charge is -2.05. The van der Waals surface area contributed by atoms with Crippen molar-refractivity contribution in [1.29, 1.82) is 5.26 Å². The normalized spacial score (nSPS) is 11.0. The van der Waals surface area contributed by atoms with Gasteiger partial charge in [-0.15, -0.1) is 0 Å². The van der Waals surface area contributed by atoms with Crippen molar-refractivity contribution in [2.75, 3.05) is 7.11 Å². The highest BCUT2D eigenvalue weighted by molar-refractivity contribution is 5.89. The maximum absolute atomic E-state index is 13.2. The van der Waals surface area contributed by atoms with Gasteiger partial charge in [0.2, 0.25) is 0 Å². The monoisotopic (exact) mass is 267 g/mol. The lowest BCUT2D eigenvalue weighted by molar-refractivity contribution is 0.411. The number of hydrogen-bond donors (Lipinski definition) is 0. The van der Waals surface area contributed by atoms with Crippen molar-refractivity contribution in [3.63, 3.8) is 0 Å². The molecule has 0 aromatic heterocycles. The molecule has 0 radical (unpaired) electrons. The van der Waals surface area contributed by atoms with E-state index in [0.717, 1.165) is 16.9 Å². The zero-order chi connectivity index (χ0) is 14.5. The van der Waals surface area contributed by atoms with Crippen LogP contribution in [0, 0.1) is 24.1 Å². The molecular weight excluding hydrogens is 253 g/mol.